The Morgan fingerprint density at radius 3 is 2.62 bits per heavy atom. The summed E-state index contributed by atoms with van der Waals surface area (Å²) in [5.41, 5.74) is 4.11. The van der Waals surface area contributed by atoms with Crippen LogP contribution < -0.4 is 5.32 Å². The minimum absolute atomic E-state index is 0.260. The average Bonchev–Trinajstić information content (AvgIpc) is 3.30. The zero-order valence-corrected chi connectivity index (χ0v) is 19.3. The number of amides is 1. The monoisotopic (exact) mass is 455 g/mol. The van der Waals surface area contributed by atoms with Crippen molar-refractivity contribution in [1.29, 1.82) is 0 Å². The highest BCUT2D eigenvalue weighted by molar-refractivity contribution is 5.96. The standard InChI is InChI=1S/C28H29N3O3/c1-20-4-6-21(7-5-20)19-31-13-10-28(33,11-14-31)24-8-9-25-23(15-24)16-26(34-25)27(32)30-18-22-3-2-12-29-17-22/h2-9,12,15-17,33H,10-11,13-14,18-19H2,1H3,(H,30,32). The maximum absolute atomic E-state index is 12.6. The Labute approximate surface area is 199 Å². The average molecular weight is 456 g/mol. The number of fused-ring (bicyclic) bond motifs is 1. The number of aryl methyl sites for hydroxylation is 1. The van der Waals surface area contributed by atoms with Crippen LogP contribution in [0.25, 0.3) is 11.0 Å². The normalized spacial score (nSPS) is 15.9. The van der Waals surface area contributed by atoms with Gasteiger partial charge in [-0.2, -0.15) is 0 Å². The lowest BCUT2D eigenvalue weighted by atomic mass is 9.84. The number of aromatic nitrogens is 1. The van der Waals surface area contributed by atoms with Crippen molar-refractivity contribution < 1.29 is 14.3 Å². The largest absolute Gasteiger partial charge is 0.451 e. The van der Waals surface area contributed by atoms with Crippen LogP contribution in [0.15, 0.2) is 77.5 Å². The van der Waals surface area contributed by atoms with Gasteiger partial charge >= 0.3 is 0 Å². The smallest absolute Gasteiger partial charge is 0.287 e. The van der Waals surface area contributed by atoms with E-state index in [0.717, 1.165) is 36.1 Å². The van der Waals surface area contributed by atoms with Crippen molar-refractivity contribution in [3.63, 3.8) is 0 Å². The molecule has 0 bridgehead atoms. The quantitative estimate of drug-likeness (QED) is 0.446. The number of aliphatic hydroxyl groups is 1. The molecule has 1 fully saturated rings. The van der Waals surface area contributed by atoms with E-state index in [1.54, 1.807) is 18.5 Å². The first-order valence-electron chi connectivity index (χ1n) is 11.7. The van der Waals surface area contributed by atoms with Gasteiger partial charge in [0, 0.05) is 44.0 Å². The summed E-state index contributed by atoms with van der Waals surface area (Å²) in [6.45, 7) is 5.04. The van der Waals surface area contributed by atoms with Gasteiger partial charge in [-0.25, -0.2) is 0 Å². The molecule has 2 aromatic heterocycles. The summed E-state index contributed by atoms with van der Waals surface area (Å²) in [4.78, 5) is 19.0. The number of nitrogens with zero attached hydrogens (tertiary/aromatic N) is 2. The summed E-state index contributed by atoms with van der Waals surface area (Å²) in [6.07, 6.45) is 4.75. The van der Waals surface area contributed by atoms with Gasteiger partial charge in [0.15, 0.2) is 5.76 Å². The molecular formula is C28H29N3O3. The third kappa shape index (κ3) is 4.88. The van der Waals surface area contributed by atoms with E-state index in [2.05, 4.69) is 46.4 Å². The molecule has 0 atom stereocenters. The van der Waals surface area contributed by atoms with Gasteiger partial charge in [-0.05, 0) is 60.7 Å². The molecule has 1 aliphatic heterocycles. The molecule has 6 nitrogen and oxygen atoms in total. The lowest BCUT2D eigenvalue weighted by molar-refractivity contribution is -0.0276. The van der Waals surface area contributed by atoms with Crippen molar-refractivity contribution in [3.8, 4) is 0 Å². The van der Waals surface area contributed by atoms with Gasteiger partial charge in [0.25, 0.3) is 5.91 Å². The summed E-state index contributed by atoms with van der Waals surface area (Å²) in [7, 11) is 0. The van der Waals surface area contributed by atoms with Gasteiger partial charge in [-0.3, -0.25) is 14.7 Å². The fraction of sp³-hybridized carbons (Fsp3) is 0.286. The molecule has 2 N–H and O–H groups in total. The number of pyridine rings is 1. The Balaban J connectivity index is 1.24. The lowest BCUT2D eigenvalue weighted by Gasteiger charge is -2.38. The summed E-state index contributed by atoms with van der Waals surface area (Å²) in [6, 6.07) is 19.8. The number of piperidine rings is 1. The van der Waals surface area contributed by atoms with Crippen LogP contribution in [-0.4, -0.2) is 34.0 Å². The number of benzene rings is 2. The van der Waals surface area contributed by atoms with Crippen molar-refractivity contribution in [2.24, 2.45) is 0 Å². The number of furan rings is 1. The van der Waals surface area contributed by atoms with Crippen molar-refractivity contribution >= 4 is 16.9 Å². The highest BCUT2D eigenvalue weighted by Crippen LogP contribution is 2.35. The van der Waals surface area contributed by atoms with E-state index in [1.165, 1.54) is 11.1 Å². The molecule has 1 saturated heterocycles. The first kappa shape index (κ1) is 22.3. The summed E-state index contributed by atoms with van der Waals surface area (Å²) < 4.78 is 5.77. The molecule has 1 amide bonds. The van der Waals surface area contributed by atoms with E-state index in [9.17, 15) is 9.90 Å². The number of carbonyl (C=O) groups is 1. The number of nitrogens with one attached hydrogen (secondary N) is 1. The Kier molecular flexibility index (Phi) is 6.18. The van der Waals surface area contributed by atoms with E-state index in [-0.39, 0.29) is 11.7 Å². The Morgan fingerprint density at radius 2 is 1.88 bits per heavy atom. The number of hydrogen-bond acceptors (Lipinski definition) is 5. The molecule has 3 heterocycles. The first-order chi connectivity index (χ1) is 16.5. The molecule has 6 heteroatoms. The molecular weight excluding hydrogens is 426 g/mol. The molecule has 0 aliphatic carbocycles. The van der Waals surface area contributed by atoms with Gasteiger partial charge in [0.1, 0.15) is 5.58 Å². The van der Waals surface area contributed by atoms with Crippen molar-refractivity contribution in [3.05, 3.63) is 101 Å². The number of likely N-dealkylation sites (tertiary alicyclic amines) is 1. The van der Waals surface area contributed by atoms with E-state index >= 15 is 0 Å². The fourth-order valence-electron chi connectivity index (χ4n) is 4.54. The molecule has 2 aromatic carbocycles. The van der Waals surface area contributed by atoms with E-state index < -0.39 is 5.60 Å². The van der Waals surface area contributed by atoms with E-state index in [1.807, 2.05) is 30.3 Å². The maximum Gasteiger partial charge on any atom is 0.287 e. The van der Waals surface area contributed by atoms with E-state index in [0.29, 0.717) is 25.0 Å². The van der Waals surface area contributed by atoms with Crippen LogP contribution in [0.5, 0.6) is 0 Å². The van der Waals surface area contributed by atoms with Gasteiger partial charge in [0.05, 0.1) is 5.60 Å². The van der Waals surface area contributed by atoms with Crippen LogP contribution in [-0.2, 0) is 18.7 Å². The second-order valence-corrected chi connectivity index (χ2v) is 9.20. The van der Waals surface area contributed by atoms with Gasteiger partial charge in [-0.1, -0.05) is 42.0 Å². The third-order valence-electron chi connectivity index (χ3n) is 6.66. The highest BCUT2D eigenvalue weighted by Gasteiger charge is 2.34. The van der Waals surface area contributed by atoms with Crippen LogP contribution in [0, 0.1) is 6.92 Å². The van der Waals surface area contributed by atoms with Crippen LogP contribution in [0.4, 0.5) is 0 Å². The van der Waals surface area contributed by atoms with Crippen molar-refractivity contribution in [2.75, 3.05) is 13.1 Å². The predicted octanol–water partition coefficient (Wildman–Crippen LogP) is 4.55. The maximum atomic E-state index is 12.6. The van der Waals surface area contributed by atoms with Crippen LogP contribution in [0.3, 0.4) is 0 Å². The zero-order valence-electron chi connectivity index (χ0n) is 19.3. The second kappa shape index (κ2) is 9.41. The topological polar surface area (TPSA) is 78.6 Å². The molecule has 0 spiro atoms. The fourth-order valence-corrected chi connectivity index (χ4v) is 4.54. The molecule has 0 unspecified atom stereocenters. The first-order valence-corrected chi connectivity index (χ1v) is 11.7. The van der Waals surface area contributed by atoms with Gasteiger partial charge < -0.3 is 14.8 Å². The molecule has 174 valence electrons. The summed E-state index contributed by atoms with van der Waals surface area (Å²) >= 11 is 0. The third-order valence-corrected chi connectivity index (χ3v) is 6.66. The molecule has 0 saturated carbocycles. The highest BCUT2D eigenvalue weighted by atomic mass is 16.3. The van der Waals surface area contributed by atoms with Gasteiger partial charge in [0.2, 0.25) is 0 Å². The van der Waals surface area contributed by atoms with Crippen LogP contribution in [0.1, 0.15) is 45.7 Å². The molecule has 34 heavy (non-hydrogen) atoms. The molecule has 1 aliphatic rings. The summed E-state index contributed by atoms with van der Waals surface area (Å²) in [5.74, 6) is -0.0133. The predicted molar refractivity (Wildman–Crippen MR) is 131 cm³/mol. The molecule has 0 radical (unpaired) electrons. The van der Waals surface area contributed by atoms with E-state index in [4.69, 9.17) is 4.42 Å². The Morgan fingerprint density at radius 1 is 1.09 bits per heavy atom. The number of carbonyl (C=O) groups excluding carboxylic acids is 1. The Hall–Kier alpha value is -3.48. The minimum atomic E-state index is -0.877. The number of rotatable bonds is 6. The minimum Gasteiger partial charge on any atom is -0.451 e. The zero-order chi connectivity index (χ0) is 23.5. The molecule has 5 rings (SSSR count). The summed E-state index contributed by atoms with van der Waals surface area (Å²) in [5, 5.41) is 15.1. The van der Waals surface area contributed by atoms with Crippen molar-refractivity contribution in [2.45, 2.75) is 38.5 Å². The number of hydrogen-bond donors (Lipinski definition) is 2. The van der Waals surface area contributed by atoms with Crippen molar-refractivity contribution in [1.82, 2.24) is 15.2 Å². The van der Waals surface area contributed by atoms with Crippen LogP contribution in [0.2, 0.25) is 0 Å². The molecule has 4 aromatic rings. The Bertz CT molecular complexity index is 1270. The second-order valence-electron chi connectivity index (χ2n) is 9.20. The van der Waals surface area contributed by atoms with Gasteiger partial charge in [-0.15, -0.1) is 0 Å². The lowest BCUT2D eigenvalue weighted by Crippen LogP contribution is -2.42. The SMILES string of the molecule is Cc1ccc(CN2CCC(O)(c3ccc4oc(C(=O)NCc5cccnc5)cc4c3)CC2)cc1. The van der Waals surface area contributed by atoms with Crippen LogP contribution >= 0.6 is 0 Å².